The monoisotopic (exact) mass is 1530 g/mol. The summed E-state index contributed by atoms with van der Waals surface area (Å²) >= 11 is 4.05. The van der Waals surface area contributed by atoms with Gasteiger partial charge in [0.25, 0.3) is 37.0 Å². The summed E-state index contributed by atoms with van der Waals surface area (Å²) in [4.78, 5) is 91.9. The van der Waals surface area contributed by atoms with E-state index in [1.165, 1.54) is 84.2 Å². The maximum Gasteiger partial charge on any atom is 0.397 e. The molecule has 0 bridgehead atoms. The molecule has 31 heteroatoms. The Morgan fingerprint density at radius 3 is 1.30 bits per heavy atom. The van der Waals surface area contributed by atoms with Gasteiger partial charge in [0.1, 0.15) is 0 Å². The number of hydrogen-bond acceptors (Lipinski definition) is 13. The predicted molar refractivity (Wildman–Crippen MR) is 370 cm³/mol. The van der Waals surface area contributed by atoms with Crippen LogP contribution in [0.4, 0.5) is 39.5 Å². The van der Waals surface area contributed by atoms with Crippen molar-refractivity contribution in [2.45, 2.75) is 71.0 Å². The van der Waals surface area contributed by atoms with Crippen LogP contribution < -0.4 is 5.32 Å². The SMILES string of the molecule is CC(=O)c1ccc2[nH]ccc2c1.CC(=O)c1ccc2c(ccn2CC(F)F)c1.FC(F)(F)CI.O=C(O)c1ccc2c(ccn2CC(F)F)c1.O=C(c1ccc2c(ccn2CC(F)F)c1)N1CC(N2CCN(C(=O)c3nccs3)CC2)C1.O=C(c1nccs1)N1CCN(C2CNC2)CC1. The van der Waals surface area contributed by atoms with Crippen LogP contribution in [0.25, 0.3) is 43.6 Å². The van der Waals surface area contributed by atoms with Gasteiger partial charge in [-0.1, -0.05) is 22.6 Å². The highest BCUT2D eigenvalue weighted by molar-refractivity contribution is 14.1. The van der Waals surface area contributed by atoms with Crippen LogP contribution in [0.5, 0.6) is 0 Å². The first-order valence-corrected chi connectivity index (χ1v) is 34.5. The molecule has 0 atom stereocenters. The molecule has 0 spiro atoms. The average Bonchev–Trinajstić information content (AvgIpc) is 1.40. The Bertz CT molecular complexity index is 4250. The number of carbonyl (C=O) groups excluding carboxylic acids is 5. The molecular weight excluding hydrogens is 1460 g/mol. The normalized spacial score (nSPS) is 15.2. The minimum Gasteiger partial charge on any atom is -0.478 e. The number of halogens is 10. The predicted octanol–water partition coefficient (Wildman–Crippen LogP) is 12.6. The van der Waals surface area contributed by atoms with Crippen molar-refractivity contribution < 1.29 is 73.4 Å². The summed E-state index contributed by atoms with van der Waals surface area (Å²) in [5.41, 5.74) is 5.21. The van der Waals surface area contributed by atoms with Crippen LogP contribution in [0.2, 0.25) is 0 Å². The van der Waals surface area contributed by atoms with E-state index in [2.05, 4.69) is 30.1 Å². The van der Waals surface area contributed by atoms with Gasteiger partial charge in [-0.25, -0.2) is 41.1 Å². The summed E-state index contributed by atoms with van der Waals surface area (Å²) in [5, 5.41) is 20.2. The molecule has 14 rings (SSSR count). The van der Waals surface area contributed by atoms with E-state index in [1.807, 2.05) is 50.5 Å². The van der Waals surface area contributed by atoms with E-state index >= 15 is 0 Å². The lowest BCUT2D eigenvalue weighted by Gasteiger charge is -2.48. The Morgan fingerprint density at radius 1 is 0.525 bits per heavy atom. The number of thiazole rings is 2. The van der Waals surface area contributed by atoms with Crippen LogP contribution in [0.3, 0.4) is 0 Å². The lowest BCUT2D eigenvalue weighted by molar-refractivity contribution is -0.102. The number of hydrogen-bond donors (Lipinski definition) is 3. The number of carboxylic acids is 1. The highest BCUT2D eigenvalue weighted by atomic mass is 127. The fraction of sp³-hybridized carbons (Fsp3) is 0.353. The van der Waals surface area contributed by atoms with Gasteiger partial charge < -0.3 is 43.8 Å². The smallest absolute Gasteiger partial charge is 0.397 e. The van der Waals surface area contributed by atoms with Crippen LogP contribution >= 0.6 is 45.3 Å². The molecule has 99 heavy (non-hydrogen) atoms. The highest BCUT2D eigenvalue weighted by Gasteiger charge is 2.38. The van der Waals surface area contributed by atoms with Crippen molar-refractivity contribution in [1.29, 1.82) is 0 Å². The van der Waals surface area contributed by atoms with Crippen molar-refractivity contribution in [3.8, 4) is 0 Å². The van der Waals surface area contributed by atoms with E-state index in [0.29, 0.717) is 75.8 Å². The van der Waals surface area contributed by atoms with Gasteiger partial charge >= 0.3 is 12.1 Å². The molecule has 3 N–H and O–H groups in total. The van der Waals surface area contributed by atoms with E-state index in [0.717, 1.165) is 85.1 Å². The average molecular weight is 1530 g/mol. The third kappa shape index (κ3) is 20.4. The summed E-state index contributed by atoms with van der Waals surface area (Å²) in [7, 11) is 0. The minimum atomic E-state index is -3.97. The Balaban J connectivity index is 0.000000148. The molecule has 4 fully saturated rings. The molecule has 4 aliphatic rings. The summed E-state index contributed by atoms with van der Waals surface area (Å²) < 4.78 is 110. The molecule has 4 aliphatic heterocycles. The first-order chi connectivity index (χ1) is 47.3. The van der Waals surface area contributed by atoms with Crippen molar-refractivity contribution in [1.82, 2.24) is 58.5 Å². The maximum atomic E-state index is 12.9. The van der Waals surface area contributed by atoms with Crippen LogP contribution in [-0.4, -0.2) is 214 Å². The molecule has 3 amide bonds. The third-order valence-electron chi connectivity index (χ3n) is 16.7. The molecule has 6 aromatic heterocycles. The van der Waals surface area contributed by atoms with Crippen LogP contribution in [0.1, 0.15) is 74.9 Å². The second-order valence-electron chi connectivity index (χ2n) is 23.4. The molecule has 10 heterocycles. The zero-order valence-corrected chi connectivity index (χ0v) is 57.3. The number of amides is 3. The number of aromatic amines is 1. The quantitative estimate of drug-likeness (QED) is 0.0402. The van der Waals surface area contributed by atoms with E-state index in [4.69, 9.17) is 5.11 Å². The number of H-pyrrole nitrogens is 1. The molecule has 4 saturated heterocycles. The van der Waals surface area contributed by atoms with Crippen molar-refractivity contribution in [2.24, 2.45) is 0 Å². The van der Waals surface area contributed by atoms with Gasteiger partial charge in [0, 0.05) is 199 Å². The first-order valence-electron chi connectivity index (χ1n) is 31.2. The molecule has 0 radical (unpaired) electrons. The fourth-order valence-electron chi connectivity index (χ4n) is 11.4. The van der Waals surface area contributed by atoms with Gasteiger partial charge in [0.2, 0.25) is 0 Å². The number of ketones is 2. The molecule has 10 aromatic rings. The summed E-state index contributed by atoms with van der Waals surface area (Å²) in [6.07, 6.45) is -1.21. The Hall–Kier alpha value is -8.50. The topological polar surface area (TPSA) is 207 Å². The van der Waals surface area contributed by atoms with Gasteiger partial charge in [-0.15, -0.1) is 22.7 Å². The van der Waals surface area contributed by atoms with Crippen molar-refractivity contribution in [2.75, 3.05) is 83.0 Å². The largest absolute Gasteiger partial charge is 0.478 e. The molecule has 4 aromatic carbocycles. The number of carbonyl (C=O) groups is 6. The van der Waals surface area contributed by atoms with Crippen LogP contribution in [0.15, 0.2) is 145 Å². The molecule has 0 unspecified atom stereocenters. The number of nitrogens with zero attached hydrogens (tertiary/aromatic N) is 10. The standard InChI is InChI=1S/C22H23F2N5O2S.C12H11F2NO.C11H9F2NO2.C11H16N4OS.C10H9NO.C2H2F3I/c23-19(24)14-28-5-3-15-11-16(1-2-18(15)28)21(30)29-12-17(13-29)26-6-8-27(9-7-26)22(31)20-25-4-10-32-20;1-8(16)9-2-3-11-10(6-9)4-5-15(11)7-12(13)14;12-10(13)6-14-4-3-7-5-8(11(15)16)1-2-9(7)14;16-11(10-13-1-6-17-10)15-4-2-14(3-5-15)9-7-12-8-9;1-7(12)8-2-3-10-9(6-8)4-5-11-10;3-2(4,5)1-6/h1-5,10-11,17,19H,6-9,12-14H2;2-6,12H,7H2,1H3;1-5,10H,6H2,(H,15,16);1,6,9,12H,2-5,7-8H2;2-6,11H,1H3;1H2. The molecular formula is C68H70F9IN12O7S2. The number of nitrogens with one attached hydrogen (secondary N) is 2. The van der Waals surface area contributed by atoms with Gasteiger partial charge in [0.15, 0.2) is 21.6 Å². The van der Waals surface area contributed by atoms with Crippen molar-refractivity contribution >= 4 is 124 Å². The first kappa shape index (κ1) is 74.7. The third-order valence-corrected chi connectivity index (χ3v) is 19.1. The number of likely N-dealkylation sites (tertiary alicyclic amines) is 1. The molecule has 0 saturated carbocycles. The summed E-state index contributed by atoms with van der Waals surface area (Å²) in [6, 6.07) is 28.5. The number of Topliss-reactive ketones (excluding diaryl/α,β-unsaturated/α-hetero) is 2. The van der Waals surface area contributed by atoms with Crippen molar-refractivity contribution in [3.63, 3.8) is 0 Å². The summed E-state index contributed by atoms with van der Waals surface area (Å²) in [5.74, 6) is -0.901. The number of rotatable bonds is 14. The molecule has 0 aliphatic carbocycles. The lowest BCUT2D eigenvalue weighted by atomic mass is 10.0. The Kier molecular flexibility index (Phi) is 26.1. The van der Waals surface area contributed by atoms with Gasteiger partial charge in [-0.05, 0) is 111 Å². The number of piperazine rings is 2. The van der Waals surface area contributed by atoms with E-state index in [-0.39, 0.29) is 54.5 Å². The number of aromatic carboxylic acids is 1. The van der Waals surface area contributed by atoms with Crippen molar-refractivity contribution in [3.05, 3.63) is 177 Å². The maximum absolute atomic E-state index is 12.9. The Labute approximate surface area is 583 Å². The van der Waals surface area contributed by atoms with Gasteiger partial charge in [-0.3, -0.25) is 33.8 Å². The Morgan fingerprint density at radius 2 is 0.919 bits per heavy atom. The van der Waals surface area contributed by atoms with Gasteiger partial charge in [-0.2, -0.15) is 13.2 Å². The fourth-order valence-corrected chi connectivity index (χ4v) is 12.6. The minimum absolute atomic E-state index is 0.0113. The second kappa shape index (κ2) is 34.5. The molecule has 19 nitrogen and oxygen atoms in total. The number of fused-ring (bicyclic) bond motifs is 4. The van der Waals surface area contributed by atoms with Gasteiger partial charge in [0.05, 0.1) is 29.6 Å². The van der Waals surface area contributed by atoms with E-state index in [1.54, 1.807) is 97.8 Å². The second-order valence-corrected chi connectivity index (χ2v) is 25.9. The number of benzene rings is 4. The zero-order chi connectivity index (χ0) is 71.1. The van der Waals surface area contributed by atoms with E-state index in [9.17, 15) is 68.3 Å². The van der Waals surface area contributed by atoms with Crippen LogP contribution in [0, 0.1) is 0 Å². The number of carboxylic acid groups (broad SMARTS) is 1. The highest BCUT2D eigenvalue weighted by Crippen LogP contribution is 2.26. The molecule has 526 valence electrons. The van der Waals surface area contributed by atoms with Crippen LogP contribution in [-0.2, 0) is 19.6 Å². The summed E-state index contributed by atoms with van der Waals surface area (Å²) in [6.45, 7) is 12.0. The number of aromatic nitrogens is 6. The lowest BCUT2D eigenvalue weighted by Crippen LogP contribution is -2.64. The zero-order valence-electron chi connectivity index (χ0n) is 53.5. The van der Waals surface area contributed by atoms with E-state index < -0.39 is 35.8 Å². The number of alkyl halides is 10.